The van der Waals surface area contributed by atoms with Gasteiger partial charge in [-0.2, -0.15) is 0 Å². The Morgan fingerprint density at radius 1 is 0.400 bits per heavy atom. The van der Waals surface area contributed by atoms with Crippen molar-refractivity contribution in [2.75, 3.05) is 0 Å². The van der Waals surface area contributed by atoms with Crippen molar-refractivity contribution in [2.24, 2.45) is 5.92 Å². The molecule has 0 bridgehead atoms. The van der Waals surface area contributed by atoms with Gasteiger partial charge >= 0.3 is 0 Å². The Kier molecular flexibility index (Phi) is 6.74. The highest BCUT2D eigenvalue weighted by Crippen LogP contribution is 2.51. The second-order valence-corrected chi connectivity index (χ2v) is 13.6. The third-order valence-electron chi connectivity index (χ3n) is 10.9. The molecule has 0 spiro atoms. The lowest BCUT2D eigenvalue weighted by Crippen LogP contribution is -2.22. The molecule has 8 aromatic carbocycles. The van der Waals surface area contributed by atoms with E-state index < -0.39 is 0 Å². The van der Waals surface area contributed by atoms with Crippen LogP contribution in [0.25, 0.3) is 60.1 Å². The first-order chi connectivity index (χ1) is 24.8. The molecule has 2 unspecified atom stereocenters. The predicted octanol–water partition coefficient (Wildman–Crippen LogP) is 13.2. The maximum Gasteiger partial charge on any atom is 0.0199 e. The maximum absolute atomic E-state index is 2.44. The molecule has 0 saturated heterocycles. The highest BCUT2D eigenvalue weighted by atomic mass is 14.4. The Hall–Kier alpha value is -6.24. The van der Waals surface area contributed by atoms with Crippen molar-refractivity contribution in [3.05, 3.63) is 222 Å². The molecule has 8 aromatic rings. The van der Waals surface area contributed by atoms with Gasteiger partial charge < -0.3 is 0 Å². The van der Waals surface area contributed by atoms with E-state index in [1.54, 1.807) is 0 Å². The van der Waals surface area contributed by atoms with Gasteiger partial charge in [0.1, 0.15) is 0 Å². The molecule has 2 aliphatic rings. The number of rotatable bonds is 4. The molecule has 0 heteroatoms. The zero-order chi connectivity index (χ0) is 33.0. The van der Waals surface area contributed by atoms with E-state index in [1.165, 1.54) is 88.0 Å². The first-order valence-electron chi connectivity index (χ1n) is 17.6. The van der Waals surface area contributed by atoms with Crippen molar-refractivity contribution in [1.29, 1.82) is 0 Å². The van der Waals surface area contributed by atoms with Gasteiger partial charge in [0.2, 0.25) is 0 Å². The van der Waals surface area contributed by atoms with Crippen molar-refractivity contribution in [2.45, 2.75) is 5.92 Å². The molecule has 0 amide bonds. The minimum Gasteiger partial charge on any atom is -0.0760 e. The maximum atomic E-state index is 2.44. The van der Waals surface area contributed by atoms with Crippen LogP contribution in [0, 0.1) is 5.92 Å². The lowest BCUT2D eigenvalue weighted by atomic mass is 9.66. The van der Waals surface area contributed by atoms with Crippen molar-refractivity contribution in [1.82, 2.24) is 0 Å². The third-order valence-corrected chi connectivity index (χ3v) is 10.9. The van der Waals surface area contributed by atoms with Crippen LogP contribution in [0.1, 0.15) is 28.2 Å². The normalized spacial score (nSPS) is 16.6. The quantitative estimate of drug-likeness (QED) is 0.181. The van der Waals surface area contributed by atoms with E-state index >= 15 is 0 Å². The van der Waals surface area contributed by atoms with Crippen LogP contribution in [0.5, 0.6) is 0 Å². The van der Waals surface area contributed by atoms with Crippen LogP contribution < -0.4 is 0 Å². The van der Waals surface area contributed by atoms with Crippen LogP contribution in [0.4, 0.5) is 0 Å². The van der Waals surface area contributed by atoms with Gasteiger partial charge in [0.15, 0.2) is 0 Å². The SMILES string of the molecule is C1=CC2=C(c3cccc(-c4c(-c5cccc6ccccc56)ccc5ccccc45)c3)c3ccccc3C(c3ccc4ccccc4c3)C2C=C1. The Bertz CT molecular complexity index is 2710. The van der Waals surface area contributed by atoms with Crippen molar-refractivity contribution >= 4 is 37.9 Å². The Morgan fingerprint density at radius 2 is 1.06 bits per heavy atom. The largest absolute Gasteiger partial charge is 0.0760 e. The first kappa shape index (κ1) is 28.7. The summed E-state index contributed by atoms with van der Waals surface area (Å²) in [5.41, 5.74) is 13.1. The smallest absolute Gasteiger partial charge is 0.0199 e. The molecule has 0 heterocycles. The van der Waals surface area contributed by atoms with E-state index in [0.717, 1.165) is 0 Å². The molecule has 2 aliphatic carbocycles. The number of fused-ring (bicyclic) bond motifs is 5. The molecule has 0 fully saturated rings. The number of hydrogen-bond acceptors (Lipinski definition) is 0. The highest BCUT2D eigenvalue weighted by Gasteiger charge is 2.35. The molecule has 0 saturated carbocycles. The number of hydrogen-bond donors (Lipinski definition) is 0. The van der Waals surface area contributed by atoms with E-state index in [-0.39, 0.29) is 11.8 Å². The molecular formula is C50H34. The molecule has 50 heavy (non-hydrogen) atoms. The zero-order valence-electron chi connectivity index (χ0n) is 27.6. The van der Waals surface area contributed by atoms with Crippen LogP contribution in [0.15, 0.2) is 200 Å². The standard InChI is InChI=1S/C50H34/c1-2-16-36-31-39(28-27-33(36)13-1)50-45-24-9-7-22-43(45)49(44-23-8-10-25-46(44)50)38-19-11-18-37(32-38)48-41-21-6-4-15-35(41)29-30-47(48)42-26-12-17-34-14-3-5-20-40(34)42/h1-32,45,50H. The van der Waals surface area contributed by atoms with Gasteiger partial charge in [-0.05, 0) is 94.0 Å². The fourth-order valence-corrected chi connectivity index (χ4v) is 8.65. The summed E-state index contributed by atoms with van der Waals surface area (Å²) < 4.78 is 0. The lowest BCUT2D eigenvalue weighted by Gasteiger charge is -2.37. The number of benzene rings is 8. The molecule has 0 N–H and O–H groups in total. The summed E-state index contributed by atoms with van der Waals surface area (Å²) >= 11 is 0. The summed E-state index contributed by atoms with van der Waals surface area (Å²) in [4.78, 5) is 0. The summed E-state index contributed by atoms with van der Waals surface area (Å²) in [6.45, 7) is 0. The summed E-state index contributed by atoms with van der Waals surface area (Å²) in [5.74, 6) is 0.466. The summed E-state index contributed by atoms with van der Waals surface area (Å²) in [5, 5.41) is 7.62. The summed E-state index contributed by atoms with van der Waals surface area (Å²) in [7, 11) is 0. The van der Waals surface area contributed by atoms with Crippen LogP contribution in [0.2, 0.25) is 0 Å². The van der Waals surface area contributed by atoms with Crippen molar-refractivity contribution in [3.8, 4) is 22.3 Å². The molecule has 2 atom stereocenters. The second-order valence-electron chi connectivity index (χ2n) is 13.6. The lowest BCUT2D eigenvalue weighted by molar-refractivity contribution is 0.649. The summed E-state index contributed by atoms with van der Waals surface area (Å²) in [6, 6.07) is 63.0. The summed E-state index contributed by atoms with van der Waals surface area (Å²) in [6.07, 6.45) is 9.22. The average molecular weight is 635 g/mol. The molecule has 0 aliphatic heterocycles. The van der Waals surface area contributed by atoms with Gasteiger partial charge in [0.05, 0.1) is 0 Å². The Labute approximate surface area is 293 Å². The van der Waals surface area contributed by atoms with E-state index in [0.29, 0.717) is 0 Å². The van der Waals surface area contributed by atoms with Crippen molar-refractivity contribution < 1.29 is 0 Å². The minimum atomic E-state index is 0.231. The minimum absolute atomic E-state index is 0.231. The van der Waals surface area contributed by atoms with E-state index in [4.69, 9.17) is 0 Å². The Morgan fingerprint density at radius 3 is 1.96 bits per heavy atom. The van der Waals surface area contributed by atoms with Gasteiger partial charge in [0, 0.05) is 11.8 Å². The molecule has 234 valence electrons. The van der Waals surface area contributed by atoms with E-state index in [2.05, 4.69) is 194 Å². The van der Waals surface area contributed by atoms with E-state index in [9.17, 15) is 0 Å². The molecule has 0 nitrogen and oxygen atoms in total. The van der Waals surface area contributed by atoms with Crippen molar-refractivity contribution in [3.63, 3.8) is 0 Å². The van der Waals surface area contributed by atoms with Crippen LogP contribution in [0.3, 0.4) is 0 Å². The number of allylic oxidation sites excluding steroid dienone is 5. The average Bonchev–Trinajstić information content (AvgIpc) is 3.19. The second kappa shape index (κ2) is 11.7. The van der Waals surface area contributed by atoms with Gasteiger partial charge in [0.25, 0.3) is 0 Å². The highest BCUT2D eigenvalue weighted by molar-refractivity contribution is 6.09. The Balaban J connectivity index is 1.19. The van der Waals surface area contributed by atoms with Gasteiger partial charge in [-0.3, -0.25) is 0 Å². The van der Waals surface area contributed by atoms with E-state index in [1.807, 2.05) is 0 Å². The monoisotopic (exact) mass is 634 g/mol. The fourth-order valence-electron chi connectivity index (χ4n) is 8.65. The first-order valence-corrected chi connectivity index (χ1v) is 17.6. The zero-order valence-corrected chi connectivity index (χ0v) is 27.6. The van der Waals surface area contributed by atoms with Gasteiger partial charge in [-0.1, -0.05) is 188 Å². The van der Waals surface area contributed by atoms with Gasteiger partial charge in [-0.25, -0.2) is 0 Å². The van der Waals surface area contributed by atoms with Crippen LogP contribution in [-0.4, -0.2) is 0 Å². The third kappa shape index (κ3) is 4.60. The van der Waals surface area contributed by atoms with Crippen LogP contribution in [-0.2, 0) is 0 Å². The fraction of sp³-hybridized carbons (Fsp3) is 0.0400. The van der Waals surface area contributed by atoms with Crippen LogP contribution >= 0.6 is 0 Å². The topological polar surface area (TPSA) is 0 Å². The predicted molar refractivity (Wildman–Crippen MR) is 212 cm³/mol. The molecule has 10 rings (SSSR count). The molecule has 0 aromatic heterocycles. The molecular weight excluding hydrogens is 601 g/mol. The molecule has 0 radical (unpaired) electrons. The van der Waals surface area contributed by atoms with Gasteiger partial charge in [-0.15, -0.1) is 0 Å².